The smallest absolute Gasteiger partial charge is 0.303 e. The van der Waals surface area contributed by atoms with Crippen LogP contribution in [0.5, 0.6) is 0 Å². The van der Waals surface area contributed by atoms with Crippen LogP contribution in [-0.2, 0) is 19.0 Å². The minimum absolute atomic E-state index is 0.194. The van der Waals surface area contributed by atoms with Gasteiger partial charge in [0.15, 0.2) is 0 Å². The van der Waals surface area contributed by atoms with E-state index in [1.807, 2.05) is 0 Å². The maximum atomic E-state index is 10.8. The van der Waals surface area contributed by atoms with Gasteiger partial charge in [0.2, 0.25) is 0 Å². The molecule has 0 aliphatic carbocycles. The standard InChI is InChI=1S/C8H11BO5/c1-3(10)13-7-6-5(14-8(7)9)4(11)2-12-6/h4-8,11H,2H2,1H3/t4-,5?,6?,7-,8-/m1/s1. The summed E-state index contributed by atoms with van der Waals surface area (Å²) in [7, 11) is 5.59. The largest absolute Gasteiger partial charge is 0.458 e. The highest BCUT2D eigenvalue weighted by molar-refractivity contribution is 6.11. The summed E-state index contributed by atoms with van der Waals surface area (Å²) in [5.74, 6) is -0.431. The van der Waals surface area contributed by atoms with E-state index in [4.69, 9.17) is 22.1 Å². The summed E-state index contributed by atoms with van der Waals surface area (Å²) in [5, 5.41) is 9.42. The Morgan fingerprint density at radius 2 is 2.29 bits per heavy atom. The number of ether oxygens (including phenoxy) is 3. The van der Waals surface area contributed by atoms with Crippen molar-refractivity contribution in [3.8, 4) is 0 Å². The molecule has 0 aromatic rings. The highest BCUT2D eigenvalue weighted by Crippen LogP contribution is 2.31. The molecule has 0 spiro atoms. The second-order valence-corrected chi connectivity index (χ2v) is 3.50. The third kappa shape index (κ3) is 1.53. The van der Waals surface area contributed by atoms with Crippen molar-refractivity contribution in [1.82, 2.24) is 0 Å². The van der Waals surface area contributed by atoms with Crippen LogP contribution in [0.15, 0.2) is 0 Å². The lowest BCUT2D eigenvalue weighted by molar-refractivity contribution is -0.152. The number of carbonyl (C=O) groups is 1. The van der Waals surface area contributed by atoms with E-state index in [9.17, 15) is 9.90 Å². The Balaban J connectivity index is 2.07. The summed E-state index contributed by atoms with van der Waals surface area (Å²) in [6, 6.07) is -0.719. The van der Waals surface area contributed by atoms with Crippen LogP contribution in [0.2, 0.25) is 0 Å². The Bertz CT molecular complexity index is 246. The predicted molar refractivity (Wildman–Crippen MR) is 45.7 cm³/mol. The van der Waals surface area contributed by atoms with Crippen LogP contribution in [0.1, 0.15) is 6.92 Å². The highest BCUT2D eigenvalue weighted by atomic mass is 16.6. The van der Waals surface area contributed by atoms with Crippen LogP contribution >= 0.6 is 0 Å². The van der Waals surface area contributed by atoms with Gasteiger partial charge in [0.05, 0.1) is 12.6 Å². The Labute approximate surface area is 82.7 Å². The number of carbonyl (C=O) groups excluding carboxylic acids is 1. The van der Waals surface area contributed by atoms with Gasteiger partial charge in [-0.15, -0.1) is 0 Å². The first-order valence-electron chi connectivity index (χ1n) is 4.47. The highest BCUT2D eigenvalue weighted by Gasteiger charge is 2.51. The van der Waals surface area contributed by atoms with Gasteiger partial charge in [-0.1, -0.05) is 0 Å². The van der Waals surface area contributed by atoms with Crippen molar-refractivity contribution < 1.29 is 24.1 Å². The molecule has 0 aromatic heterocycles. The molecule has 2 rings (SSSR count). The molecule has 2 aliphatic heterocycles. The van der Waals surface area contributed by atoms with E-state index in [2.05, 4.69) is 0 Å². The van der Waals surface area contributed by atoms with Gasteiger partial charge >= 0.3 is 5.97 Å². The first kappa shape index (κ1) is 9.95. The maximum absolute atomic E-state index is 10.8. The zero-order chi connectivity index (χ0) is 10.3. The Morgan fingerprint density at radius 1 is 1.57 bits per heavy atom. The lowest BCUT2D eigenvalue weighted by Crippen LogP contribution is -2.36. The van der Waals surface area contributed by atoms with Crippen LogP contribution in [0.3, 0.4) is 0 Å². The van der Waals surface area contributed by atoms with Crippen molar-refractivity contribution in [3.05, 3.63) is 0 Å². The average molecular weight is 198 g/mol. The normalized spacial score (nSPS) is 46.3. The van der Waals surface area contributed by atoms with Crippen LogP contribution in [-0.4, -0.2) is 55.9 Å². The summed E-state index contributed by atoms with van der Waals surface area (Å²) >= 11 is 0. The van der Waals surface area contributed by atoms with Gasteiger partial charge in [0.1, 0.15) is 32.3 Å². The van der Waals surface area contributed by atoms with Crippen LogP contribution in [0.25, 0.3) is 0 Å². The van der Waals surface area contributed by atoms with Gasteiger partial charge in [-0.2, -0.15) is 0 Å². The number of fused-ring (bicyclic) bond motifs is 1. The minimum atomic E-state index is -0.719. The second kappa shape index (κ2) is 3.53. The molecule has 6 heteroatoms. The third-order valence-corrected chi connectivity index (χ3v) is 2.43. The molecule has 0 amide bonds. The van der Waals surface area contributed by atoms with Gasteiger partial charge in [-0.05, 0) is 0 Å². The number of hydrogen-bond acceptors (Lipinski definition) is 5. The Hall–Kier alpha value is -0.585. The van der Waals surface area contributed by atoms with Crippen LogP contribution < -0.4 is 0 Å². The Morgan fingerprint density at radius 3 is 2.93 bits per heavy atom. The van der Waals surface area contributed by atoms with Gasteiger partial charge in [0, 0.05) is 6.92 Å². The lowest BCUT2D eigenvalue weighted by atomic mass is 9.93. The van der Waals surface area contributed by atoms with Crippen molar-refractivity contribution in [3.63, 3.8) is 0 Å². The molecule has 2 fully saturated rings. The molecule has 1 N–H and O–H groups in total. The first-order chi connectivity index (χ1) is 6.59. The Kier molecular flexibility index (Phi) is 2.51. The average Bonchev–Trinajstić information content (AvgIpc) is 2.57. The molecule has 5 atom stereocenters. The van der Waals surface area contributed by atoms with Gasteiger partial charge in [0.25, 0.3) is 0 Å². The third-order valence-electron chi connectivity index (χ3n) is 2.43. The molecular formula is C8H11BO5. The molecule has 2 unspecified atom stereocenters. The van der Waals surface area contributed by atoms with Crippen molar-refractivity contribution >= 4 is 13.8 Å². The number of rotatable bonds is 1. The molecule has 76 valence electrons. The van der Waals surface area contributed by atoms with E-state index >= 15 is 0 Å². The van der Waals surface area contributed by atoms with E-state index in [0.717, 1.165) is 0 Å². The number of esters is 1. The second-order valence-electron chi connectivity index (χ2n) is 3.50. The van der Waals surface area contributed by atoms with Gasteiger partial charge < -0.3 is 19.3 Å². The predicted octanol–water partition coefficient (Wildman–Crippen LogP) is -1.43. The van der Waals surface area contributed by atoms with Crippen molar-refractivity contribution in [2.75, 3.05) is 6.61 Å². The summed E-state index contributed by atoms with van der Waals surface area (Å²) in [6.07, 6.45) is -2.22. The summed E-state index contributed by atoms with van der Waals surface area (Å²) in [4.78, 5) is 10.8. The number of aliphatic hydroxyl groups excluding tert-OH is 1. The fourth-order valence-electron chi connectivity index (χ4n) is 1.84. The molecule has 2 heterocycles. The van der Waals surface area contributed by atoms with E-state index in [-0.39, 0.29) is 6.61 Å². The molecule has 0 bridgehead atoms. The number of aliphatic hydroxyl groups is 1. The van der Waals surface area contributed by atoms with E-state index in [0.29, 0.717) is 0 Å². The van der Waals surface area contributed by atoms with Crippen molar-refractivity contribution in [2.45, 2.75) is 37.3 Å². The molecule has 2 radical (unpaired) electrons. The maximum Gasteiger partial charge on any atom is 0.303 e. The fraction of sp³-hybridized carbons (Fsp3) is 0.875. The minimum Gasteiger partial charge on any atom is -0.458 e. The SMILES string of the molecule is [B][C@@H]1OC2C(OC[C@H]2O)[C@H]1OC(C)=O. The quantitative estimate of drug-likeness (QED) is 0.413. The summed E-state index contributed by atoms with van der Waals surface area (Å²) in [6.45, 7) is 1.49. The summed E-state index contributed by atoms with van der Waals surface area (Å²) in [5.41, 5.74) is 0. The van der Waals surface area contributed by atoms with Gasteiger partial charge in [-0.25, -0.2) is 0 Å². The first-order valence-corrected chi connectivity index (χ1v) is 4.47. The molecule has 2 saturated heterocycles. The van der Waals surface area contributed by atoms with Crippen molar-refractivity contribution in [1.29, 1.82) is 0 Å². The fourth-order valence-corrected chi connectivity index (χ4v) is 1.84. The zero-order valence-corrected chi connectivity index (χ0v) is 7.75. The molecule has 2 aliphatic rings. The van der Waals surface area contributed by atoms with Crippen molar-refractivity contribution in [2.24, 2.45) is 0 Å². The van der Waals surface area contributed by atoms with Crippen LogP contribution in [0.4, 0.5) is 0 Å². The number of hydrogen-bond donors (Lipinski definition) is 1. The topological polar surface area (TPSA) is 65.0 Å². The lowest BCUT2D eigenvalue weighted by Gasteiger charge is -2.18. The van der Waals surface area contributed by atoms with E-state index in [1.54, 1.807) is 0 Å². The van der Waals surface area contributed by atoms with E-state index in [1.165, 1.54) is 6.92 Å². The molecule has 5 nitrogen and oxygen atoms in total. The van der Waals surface area contributed by atoms with E-state index < -0.39 is 36.4 Å². The monoisotopic (exact) mass is 198 g/mol. The molecule has 0 aromatic carbocycles. The van der Waals surface area contributed by atoms with Crippen LogP contribution in [0, 0.1) is 0 Å². The molecule has 14 heavy (non-hydrogen) atoms. The molecule has 0 saturated carbocycles. The van der Waals surface area contributed by atoms with Gasteiger partial charge in [-0.3, -0.25) is 4.79 Å². The zero-order valence-electron chi connectivity index (χ0n) is 7.75. The molecular weight excluding hydrogens is 187 g/mol. The summed E-state index contributed by atoms with van der Waals surface area (Å²) < 4.78 is 15.4.